The van der Waals surface area contributed by atoms with Crippen molar-refractivity contribution in [3.8, 4) is 0 Å². The molecule has 0 saturated carbocycles. The molecule has 6 heteroatoms. The van der Waals surface area contributed by atoms with Crippen molar-refractivity contribution in [2.45, 2.75) is 12.3 Å². The molecule has 0 spiro atoms. The SMILES string of the molecule is CS(=O)(=O)CCCNCC(F)(F)c1ccccc1. The van der Waals surface area contributed by atoms with E-state index in [1.165, 1.54) is 12.1 Å². The third kappa shape index (κ3) is 5.55. The van der Waals surface area contributed by atoms with Gasteiger partial charge in [0.05, 0.1) is 12.3 Å². The molecule has 0 unspecified atom stereocenters. The molecule has 0 aliphatic heterocycles. The van der Waals surface area contributed by atoms with E-state index in [1.807, 2.05) is 0 Å². The molecule has 0 atom stereocenters. The molecule has 0 saturated heterocycles. The number of hydrogen-bond acceptors (Lipinski definition) is 3. The topological polar surface area (TPSA) is 46.2 Å². The molecule has 0 aromatic heterocycles. The Morgan fingerprint density at radius 3 is 2.39 bits per heavy atom. The maximum Gasteiger partial charge on any atom is 0.285 e. The van der Waals surface area contributed by atoms with Crippen molar-refractivity contribution >= 4 is 9.84 Å². The second-order valence-corrected chi connectivity index (χ2v) is 6.49. The van der Waals surface area contributed by atoms with Gasteiger partial charge >= 0.3 is 0 Å². The van der Waals surface area contributed by atoms with Crippen LogP contribution in [-0.4, -0.2) is 33.5 Å². The van der Waals surface area contributed by atoms with Crippen LogP contribution in [0, 0.1) is 0 Å². The first-order valence-corrected chi connectivity index (χ1v) is 7.69. The van der Waals surface area contributed by atoms with Gasteiger partial charge in [0.15, 0.2) is 0 Å². The lowest BCUT2D eigenvalue weighted by Gasteiger charge is -2.17. The fourth-order valence-electron chi connectivity index (χ4n) is 1.49. The zero-order valence-electron chi connectivity index (χ0n) is 10.2. The van der Waals surface area contributed by atoms with E-state index in [4.69, 9.17) is 0 Å². The highest BCUT2D eigenvalue weighted by Gasteiger charge is 2.30. The molecule has 18 heavy (non-hydrogen) atoms. The van der Waals surface area contributed by atoms with Gasteiger partial charge in [-0.15, -0.1) is 0 Å². The highest BCUT2D eigenvalue weighted by Crippen LogP contribution is 2.26. The monoisotopic (exact) mass is 277 g/mol. The average molecular weight is 277 g/mol. The molecule has 0 radical (unpaired) electrons. The van der Waals surface area contributed by atoms with E-state index in [9.17, 15) is 17.2 Å². The summed E-state index contributed by atoms with van der Waals surface area (Å²) in [5.74, 6) is -2.93. The van der Waals surface area contributed by atoms with Gasteiger partial charge < -0.3 is 5.32 Å². The molecule has 3 nitrogen and oxygen atoms in total. The third-order valence-electron chi connectivity index (χ3n) is 2.41. The smallest absolute Gasteiger partial charge is 0.285 e. The fraction of sp³-hybridized carbons (Fsp3) is 0.500. The number of rotatable bonds is 7. The van der Waals surface area contributed by atoms with Crippen LogP contribution in [0.1, 0.15) is 12.0 Å². The van der Waals surface area contributed by atoms with Crippen molar-refractivity contribution in [1.29, 1.82) is 0 Å². The number of hydrogen-bond donors (Lipinski definition) is 1. The Bertz CT molecular complexity index is 460. The molecular formula is C12H17F2NO2S. The maximum atomic E-state index is 13.6. The predicted octanol–water partition coefficient (Wildman–Crippen LogP) is 1.80. The van der Waals surface area contributed by atoms with Crippen LogP contribution in [0.2, 0.25) is 0 Å². The molecule has 0 aliphatic carbocycles. The second kappa shape index (κ2) is 6.24. The minimum atomic E-state index is -3.02. The minimum Gasteiger partial charge on any atom is -0.311 e. The first-order chi connectivity index (χ1) is 8.31. The van der Waals surface area contributed by atoms with Gasteiger partial charge in [0.2, 0.25) is 0 Å². The summed E-state index contributed by atoms with van der Waals surface area (Å²) in [6.07, 6.45) is 1.47. The molecule has 1 rings (SSSR count). The predicted molar refractivity (Wildman–Crippen MR) is 67.5 cm³/mol. The Labute approximate surface area is 106 Å². The number of nitrogens with one attached hydrogen (secondary N) is 1. The second-order valence-electron chi connectivity index (χ2n) is 4.23. The van der Waals surface area contributed by atoms with Gasteiger partial charge in [0, 0.05) is 11.8 Å². The van der Waals surface area contributed by atoms with Gasteiger partial charge in [-0.3, -0.25) is 0 Å². The summed E-state index contributed by atoms with van der Waals surface area (Å²) in [4.78, 5) is 0. The molecule has 0 aliphatic rings. The maximum absolute atomic E-state index is 13.6. The number of alkyl halides is 2. The number of benzene rings is 1. The Kier molecular flexibility index (Phi) is 5.22. The Morgan fingerprint density at radius 2 is 1.83 bits per heavy atom. The lowest BCUT2D eigenvalue weighted by molar-refractivity contribution is -0.00289. The summed E-state index contributed by atoms with van der Waals surface area (Å²) >= 11 is 0. The number of halogens is 2. The van der Waals surface area contributed by atoms with Crippen molar-refractivity contribution in [3.05, 3.63) is 35.9 Å². The molecule has 0 bridgehead atoms. The van der Waals surface area contributed by atoms with Crippen molar-refractivity contribution in [2.75, 3.05) is 25.1 Å². The summed E-state index contributed by atoms with van der Waals surface area (Å²) in [7, 11) is -3.02. The van der Waals surface area contributed by atoms with E-state index in [0.717, 1.165) is 6.26 Å². The molecule has 0 amide bonds. The molecule has 102 valence electrons. The van der Waals surface area contributed by atoms with Crippen molar-refractivity contribution in [3.63, 3.8) is 0 Å². The summed E-state index contributed by atoms with van der Waals surface area (Å²) in [5, 5.41) is 2.58. The van der Waals surface area contributed by atoms with Gasteiger partial charge in [0.25, 0.3) is 5.92 Å². The van der Waals surface area contributed by atoms with E-state index >= 15 is 0 Å². The average Bonchev–Trinajstić information content (AvgIpc) is 2.28. The molecule has 1 aromatic carbocycles. The van der Waals surface area contributed by atoms with Gasteiger partial charge in [-0.25, -0.2) is 8.42 Å². The summed E-state index contributed by atoms with van der Waals surface area (Å²) in [5.41, 5.74) is -0.0411. The van der Waals surface area contributed by atoms with Crippen LogP contribution in [0.25, 0.3) is 0 Å². The molecule has 0 fully saturated rings. The van der Waals surface area contributed by atoms with Crippen LogP contribution in [0.15, 0.2) is 30.3 Å². The minimum absolute atomic E-state index is 0.0108. The first kappa shape index (κ1) is 15.0. The Balaban J connectivity index is 2.35. The van der Waals surface area contributed by atoms with Gasteiger partial charge in [-0.05, 0) is 13.0 Å². The van der Waals surface area contributed by atoms with E-state index < -0.39 is 22.3 Å². The molecular weight excluding hydrogens is 260 g/mol. The molecule has 1 aromatic rings. The van der Waals surface area contributed by atoms with Crippen LogP contribution in [0.4, 0.5) is 8.78 Å². The van der Waals surface area contributed by atoms with Gasteiger partial charge in [-0.1, -0.05) is 30.3 Å². The third-order valence-corrected chi connectivity index (χ3v) is 3.44. The van der Waals surface area contributed by atoms with Crippen LogP contribution in [0.3, 0.4) is 0 Å². The first-order valence-electron chi connectivity index (χ1n) is 5.63. The quantitative estimate of drug-likeness (QED) is 0.773. The van der Waals surface area contributed by atoms with Crippen LogP contribution < -0.4 is 5.32 Å². The number of sulfone groups is 1. The van der Waals surface area contributed by atoms with Crippen LogP contribution >= 0.6 is 0 Å². The van der Waals surface area contributed by atoms with Crippen molar-refractivity contribution in [2.24, 2.45) is 0 Å². The Morgan fingerprint density at radius 1 is 1.22 bits per heavy atom. The Hall–Kier alpha value is -1.01. The van der Waals surface area contributed by atoms with E-state index in [0.29, 0.717) is 6.42 Å². The van der Waals surface area contributed by atoms with E-state index in [1.54, 1.807) is 18.2 Å². The largest absolute Gasteiger partial charge is 0.311 e. The standard InChI is InChI=1S/C12H17F2NO2S/c1-18(16,17)9-5-8-15-10-12(13,14)11-6-3-2-4-7-11/h2-4,6-7,15H,5,8-10H2,1H3. The van der Waals surface area contributed by atoms with Crippen molar-refractivity contribution < 1.29 is 17.2 Å². The summed E-state index contributed by atoms with van der Waals surface area (Å²) in [6.45, 7) is -0.226. The van der Waals surface area contributed by atoms with Crippen LogP contribution in [0.5, 0.6) is 0 Å². The normalized spacial score (nSPS) is 12.6. The zero-order valence-corrected chi connectivity index (χ0v) is 11.0. The fourth-order valence-corrected chi connectivity index (χ4v) is 2.16. The van der Waals surface area contributed by atoms with E-state index in [-0.39, 0.29) is 17.9 Å². The zero-order chi connectivity index (χ0) is 13.6. The molecule has 0 heterocycles. The lowest BCUT2D eigenvalue weighted by atomic mass is 10.1. The van der Waals surface area contributed by atoms with Crippen molar-refractivity contribution in [1.82, 2.24) is 5.32 Å². The van der Waals surface area contributed by atoms with Gasteiger partial charge in [0.1, 0.15) is 9.84 Å². The summed E-state index contributed by atoms with van der Waals surface area (Å²) in [6, 6.07) is 7.55. The van der Waals surface area contributed by atoms with E-state index in [2.05, 4.69) is 5.32 Å². The van der Waals surface area contributed by atoms with Gasteiger partial charge in [-0.2, -0.15) is 8.78 Å². The molecule has 1 N–H and O–H groups in total. The van der Waals surface area contributed by atoms with Crippen LogP contribution in [-0.2, 0) is 15.8 Å². The lowest BCUT2D eigenvalue weighted by Crippen LogP contribution is -2.31. The summed E-state index contributed by atoms with van der Waals surface area (Å²) < 4.78 is 48.9. The highest BCUT2D eigenvalue weighted by molar-refractivity contribution is 7.90. The highest BCUT2D eigenvalue weighted by atomic mass is 32.2.